The maximum atomic E-state index is 12.3. The van der Waals surface area contributed by atoms with Crippen molar-refractivity contribution in [3.63, 3.8) is 0 Å². The Balaban J connectivity index is 2.03. The molecule has 1 aliphatic heterocycles. The number of nitrogens with zero attached hydrogens (tertiary/aromatic N) is 2. The number of carbonyl (C=O) groups is 1. The molecule has 2 unspecified atom stereocenters. The lowest BCUT2D eigenvalue weighted by atomic mass is 10.0. The average molecular weight is 273 g/mol. The van der Waals surface area contributed by atoms with Crippen LogP contribution in [0.2, 0.25) is 0 Å². The number of rotatable bonds is 2. The van der Waals surface area contributed by atoms with E-state index in [-0.39, 0.29) is 17.9 Å². The number of pyridine rings is 1. The normalized spacial score (nSPS) is 19.4. The molecule has 5 heteroatoms. The first-order chi connectivity index (χ1) is 9.61. The third-order valence-corrected chi connectivity index (χ3v) is 3.51. The van der Waals surface area contributed by atoms with Gasteiger partial charge in [-0.15, -0.1) is 0 Å². The molecule has 0 aliphatic carbocycles. The number of aliphatic hydroxyl groups excluding tert-OH is 1. The van der Waals surface area contributed by atoms with E-state index in [9.17, 15) is 9.90 Å². The molecule has 1 saturated heterocycles. The van der Waals surface area contributed by atoms with Gasteiger partial charge in [0.1, 0.15) is 5.69 Å². The molecule has 3 N–H and O–H groups in total. The minimum Gasteiger partial charge on any atom is -0.393 e. The first-order valence-electron chi connectivity index (χ1n) is 6.74. The van der Waals surface area contributed by atoms with Crippen LogP contribution in [0.1, 0.15) is 29.4 Å². The van der Waals surface area contributed by atoms with Crippen molar-refractivity contribution in [3.05, 3.63) is 29.6 Å². The smallest absolute Gasteiger partial charge is 0.272 e. The van der Waals surface area contributed by atoms with Crippen molar-refractivity contribution in [2.75, 3.05) is 19.6 Å². The Hall–Kier alpha value is -1.90. The maximum Gasteiger partial charge on any atom is 0.272 e. The number of carbonyl (C=O) groups excluding carboxylic acids is 1. The minimum absolute atomic E-state index is 0.0912. The van der Waals surface area contributed by atoms with Gasteiger partial charge in [-0.05, 0) is 25.5 Å². The summed E-state index contributed by atoms with van der Waals surface area (Å²) in [6.07, 6.45) is 2.04. The van der Waals surface area contributed by atoms with Crippen LogP contribution in [0.25, 0.3) is 0 Å². The lowest BCUT2D eigenvalue weighted by molar-refractivity contribution is 0.0757. The zero-order valence-corrected chi connectivity index (χ0v) is 11.5. The molecule has 1 aromatic rings. The summed E-state index contributed by atoms with van der Waals surface area (Å²) in [5, 5.41) is 9.56. The second-order valence-electron chi connectivity index (χ2n) is 4.98. The Kier molecular flexibility index (Phi) is 4.72. The van der Waals surface area contributed by atoms with Crippen LogP contribution in [0, 0.1) is 17.8 Å². The lowest BCUT2D eigenvalue weighted by Gasteiger charge is -2.17. The second kappa shape index (κ2) is 6.51. The van der Waals surface area contributed by atoms with Gasteiger partial charge in [0.25, 0.3) is 5.91 Å². The van der Waals surface area contributed by atoms with Gasteiger partial charge in [0.15, 0.2) is 0 Å². The molecular weight excluding hydrogens is 254 g/mol. The van der Waals surface area contributed by atoms with Crippen molar-refractivity contribution < 1.29 is 9.90 Å². The van der Waals surface area contributed by atoms with Crippen molar-refractivity contribution in [2.45, 2.75) is 19.4 Å². The highest BCUT2D eigenvalue weighted by Gasteiger charge is 2.29. The molecule has 0 spiro atoms. The van der Waals surface area contributed by atoms with Gasteiger partial charge in [0.05, 0.1) is 12.6 Å². The molecule has 5 nitrogen and oxygen atoms in total. The maximum absolute atomic E-state index is 12.3. The number of aliphatic hydroxyl groups is 1. The first-order valence-corrected chi connectivity index (χ1v) is 6.74. The van der Waals surface area contributed by atoms with E-state index in [1.54, 1.807) is 30.2 Å². The zero-order chi connectivity index (χ0) is 14.5. The molecule has 1 amide bonds. The summed E-state index contributed by atoms with van der Waals surface area (Å²) >= 11 is 0. The number of hydrogen-bond donors (Lipinski definition) is 2. The molecule has 0 saturated carbocycles. The standard InChI is InChI=1S/C15H19N3O2/c1-11(19)13-6-8-18(10-13)15(20)14-5-4-12(9-17-14)3-2-7-16/h4-5,9,11,13,19H,6-8,10,16H2,1H3. The van der Waals surface area contributed by atoms with Crippen LogP contribution in [0.15, 0.2) is 18.3 Å². The molecule has 2 atom stereocenters. The van der Waals surface area contributed by atoms with Crippen LogP contribution in [0.3, 0.4) is 0 Å². The molecule has 106 valence electrons. The van der Waals surface area contributed by atoms with E-state index in [2.05, 4.69) is 16.8 Å². The topological polar surface area (TPSA) is 79.5 Å². The number of hydrogen-bond acceptors (Lipinski definition) is 4. The third-order valence-electron chi connectivity index (χ3n) is 3.51. The fourth-order valence-corrected chi connectivity index (χ4v) is 2.27. The van der Waals surface area contributed by atoms with E-state index in [4.69, 9.17) is 5.73 Å². The van der Waals surface area contributed by atoms with Gasteiger partial charge in [-0.2, -0.15) is 0 Å². The van der Waals surface area contributed by atoms with Crippen molar-refractivity contribution >= 4 is 5.91 Å². The number of amides is 1. The van der Waals surface area contributed by atoms with E-state index in [1.165, 1.54) is 0 Å². The Labute approximate surface area is 118 Å². The highest BCUT2D eigenvalue weighted by Crippen LogP contribution is 2.21. The van der Waals surface area contributed by atoms with Crippen LogP contribution in [-0.4, -0.2) is 46.6 Å². The van der Waals surface area contributed by atoms with Gasteiger partial charge in [-0.25, -0.2) is 4.98 Å². The van der Waals surface area contributed by atoms with Gasteiger partial charge in [0.2, 0.25) is 0 Å². The summed E-state index contributed by atoms with van der Waals surface area (Å²) in [4.78, 5) is 18.2. The first kappa shape index (κ1) is 14.5. The largest absolute Gasteiger partial charge is 0.393 e. The van der Waals surface area contributed by atoms with E-state index in [0.29, 0.717) is 25.3 Å². The minimum atomic E-state index is -0.380. The summed E-state index contributed by atoms with van der Waals surface area (Å²) in [7, 11) is 0. The second-order valence-corrected chi connectivity index (χ2v) is 4.98. The lowest BCUT2D eigenvalue weighted by Crippen LogP contribution is -2.30. The van der Waals surface area contributed by atoms with E-state index in [1.807, 2.05) is 0 Å². The van der Waals surface area contributed by atoms with Crippen molar-refractivity contribution in [1.29, 1.82) is 0 Å². The van der Waals surface area contributed by atoms with Crippen molar-refractivity contribution in [1.82, 2.24) is 9.88 Å². The van der Waals surface area contributed by atoms with Gasteiger partial charge in [0, 0.05) is 30.8 Å². The molecule has 2 heterocycles. The molecule has 20 heavy (non-hydrogen) atoms. The summed E-state index contributed by atoms with van der Waals surface area (Å²) in [5.74, 6) is 5.68. The highest BCUT2D eigenvalue weighted by atomic mass is 16.3. The van der Waals surface area contributed by atoms with Crippen molar-refractivity contribution in [3.8, 4) is 11.8 Å². The SMILES string of the molecule is CC(O)C1CCN(C(=O)c2ccc(C#CCN)cn2)C1. The Morgan fingerprint density at radius 1 is 1.65 bits per heavy atom. The molecule has 0 aromatic carbocycles. The van der Waals surface area contributed by atoms with Crippen LogP contribution in [0.5, 0.6) is 0 Å². The summed E-state index contributed by atoms with van der Waals surface area (Å²) in [6, 6.07) is 3.45. The quantitative estimate of drug-likeness (QED) is 0.756. The summed E-state index contributed by atoms with van der Waals surface area (Å²) < 4.78 is 0. The van der Waals surface area contributed by atoms with Crippen LogP contribution >= 0.6 is 0 Å². The van der Waals surface area contributed by atoms with Crippen LogP contribution in [0.4, 0.5) is 0 Å². The molecular formula is C15H19N3O2. The molecule has 2 rings (SSSR count). The molecule has 0 radical (unpaired) electrons. The molecule has 1 aliphatic rings. The van der Waals surface area contributed by atoms with E-state index in [0.717, 1.165) is 12.0 Å². The average Bonchev–Trinajstić information content (AvgIpc) is 2.95. The molecule has 1 fully saturated rings. The van der Waals surface area contributed by atoms with E-state index < -0.39 is 0 Å². The number of nitrogens with two attached hydrogens (primary N) is 1. The Morgan fingerprint density at radius 3 is 3.00 bits per heavy atom. The fraction of sp³-hybridized carbons (Fsp3) is 0.467. The van der Waals surface area contributed by atoms with Crippen molar-refractivity contribution in [2.24, 2.45) is 11.7 Å². The predicted octanol–water partition coefficient (Wildman–Crippen LogP) is 0.235. The summed E-state index contributed by atoms with van der Waals surface area (Å²) in [6.45, 7) is 3.33. The zero-order valence-electron chi connectivity index (χ0n) is 11.5. The summed E-state index contributed by atoms with van der Waals surface area (Å²) in [5.41, 5.74) is 6.46. The van der Waals surface area contributed by atoms with Gasteiger partial charge in [-0.3, -0.25) is 4.79 Å². The third kappa shape index (κ3) is 3.35. The van der Waals surface area contributed by atoms with Gasteiger partial charge < -0.3 is 15.7 Å². The molecule has 1 aromatic heterocycles. The monoisotopic (exact) mass is 273 g/mol. The van der Waals surface area contributed by atoms with Gasteiger partial charge >= 0.3 is 0 Å². The Morgan fingerprint density at radius 2 is 2.45 bits per heavy atom. The predicted molar refractivity (Wildman–Crippen MR) is 75.9 cm³/mol. The Bertz CT molecular complexity index is 528. The fourth-order valence-electron chi connectivity index (χ4n) is 2.27. The number of aromatic nitrogens is 1. The van der Waals surface area contributed by atoms with E-state index >= 15 is 0 Å². The highest BCUT2D eigenvalue weighted by molar-refractivity contribution is 5.92. The molecule has 0 bridgehead atoms. The number of likely N-dealkylation sites (tertiary alicyclic amines) is 1. The van der Waals surface area contributed by atoms with Crippen LogP contribution in [-0.2, 0) is 0 Å². The van der Waals surface area contributed by atoms with Crippen LogP contribution < -0.4 is 5.73 Å². The van der Waals surface area contributed by atoms with Gasteiger partial charge in [-0.1, -0.05) is 11.8 Å².